The summed E-state index contributed by atoms with van der Waals surface area (Å²) in [5.74, 6) is 0.954. The molecule has 3 aromatic rings. The van der Waals surface area contributed by atoms with Crippen molar-refractivity contribution in [2.45, 2.75) is 38.9 Å². The summed E-state index contributed by atoms with van der Waals surface area (Å²) < 4.78 is 5.36. The molecule has 3 aromatic heterocycles. The molecule has 0 saturated heterocycles. The van der Waals surface area contributed by atoms with Crippen LogP contribution in [0.4, 0.5) is 17.2 Å². The number of rotatable bonds is 4. The van der Waals surface area contributed by atoms with Gasteiger partial charge in [-0.1, -0.05) is 20.8 Å². The Kier molecular flexibility index (Phi) is 4.99. The molecular formula is C15H17N9OS2. The molecule has 140 valence electrons. The Morgan fingerprint density at radius 2 is 2.11 bits per heavy atom. The maximum absolute atomic E-state index is 10.5. The standard InChI is InChI=1S/C15H17N9OS2/c1-7-9(13(25)24(22-7)14-17-8(6-26)23-27-14)18-20-12-10(16-5)11(19-21-12)15(2,3)4/h25-26H,6H2,1-4H3,(H,19,21)/b20-18+. The maximum Gasteiger partial charge on any atom is 0.255 e. The summed E-state index contributed by atoms with van der Waals surface area (Å²) in [5.41, 5.74) is 1.24. The van der Waals surface area contributed by atoms with E-state index in [2.05, 4.69) is 52.4 Å². The number of aromatic nitrogens is 6. The van der Waals surface area contributed by atoms with Crippen molar-refractivity contribution in [3.63, 3.8) is 0 Å². The van der Waals surface area contributed by atoms with E-state index in [1.165, 1.54) is 4.68 Å². The van der Waals surface area contributed by atoms with Crippen LogP contribution in [0, 0.1) is 13.5 Å². The number of aryl methyl sites for hydroxylation is 1. The zero-order valence-corrected chi connectivity index (χ0v) is 16.8. The van der Waals surface area contributed by atoms with Gasteiger partial charge in [0.25, 0.3) is 5.69 Å². The Balaban J connectivity index is 1.98. The Hall–Kier alpha value is -2.78. The van der Waals surface area contributed by atoms with E-state index < -0.39 is 0 Å². The number of aromatic hydroxyl groups is 1. The SMILES string of the molecule is [C-]#[N+]c1c(C(C)(C)C)n[nH]c1/N=N/c1c(C)nn(-c2nc(CS)ns2)c1O. The van der Waals surface area contributed by atoms with E-state index in [-0.39, 0.29) is 22.8 Å². The van der Waals surface area contributed by atoms with Crippen LogP contribution in [0.3, 0.4) is 0 Å². The summed E-state index contributed by atoms with van der Waals surface area (Å²) in [6, 6.07) is 0. The molecule has 0 aromatic carbocycles. The van der Waals surface area contributed by atoms with Gasteiger partial charge in [0.1, 0.15) is 0 Å². The van der Waals surface area contributed by atoms with Crippen LogP contribution in [0.5, 0.6) is 5.88 Å². The third-order valence-corrected chi connectivity index (χ3v) is 4.59. The molecule has 0 bridgehead atoms. The lowest BCUT2D eigenvalue weighted by molar-refractivity contribution is 0.434. The fourth-order valence-electron chi connectivity index (χ4n) is 2.28. The summed E-state index contributed by atoms with van der Waals surface area (Å²) in [7, 11) is 0. The smallest absolute Gasteiger partial charge is 0.255 e. The quantitative estimate of drug-likeness (QED) is 0.343. The second-order valence-corrected chi connectivity index (χ2v) is 7.70. The predicted molar refractivity (Wildman–Crippen MR) is 104 cm³/mol. The molecular weight excluding hydrogens is 386 g/mol. The van der Waals surface area contributed by atoms with Gasteiger partial charge in [0.15, 0.2) is 17.3 Å². The van der Waals surface area contributed by atoms with Gasteiger partial charge in [-0.05, 0) is 12.3 Å². The van der Waals surface area contributed by atoms with Crippen molar-refractivity contribution in [2.24, 2.45) is 10.2 Å². The van der Waals surface area contributed by atoms with Gasteiger partial charge < -0.3 is 5.11 Å². The van der Waals surface area contributed by atoms with Crippen LogP contribution in [-0.2, 0) is 11.2 Å². The predicted octanol–water partition coefficient (Wildman–Crippen LogP) is 4.15. The van der Waals surface area contributed by atoms with Crippen molar-refractivity contribution in [3.05, 3.63) is 28.6 Å². The Morgan fingerprint density at radius 1 is 1.37 bits per heavy atom. The molecule has 12 heteroatoms. The highest BCUT2D eigenvalue weighted by molar-refractivity contribution is 7.79. The summed E-state index contributed by atoms with van der Waals surface area (Å²) in [4.78, 5) is 7.75. The fourth-order valence-corrected chi connectivity index (χ4v) is 3.16. The van der Waals surface area contributed by atoms with Crippen LogP contribution >= 0.6 is 24.2 Å². The highest BCUT2D eigenvalue weighted by atomic mass is 32.1. The molecule has 27 heavy (non-hydrogen) atoms. The fraction of sp³-hybridized carbons (Fsp3) is 0.400. The highest BCUT2D eigenvalue weighted by Crippen LogP contribution is 2.39. The van der Waals surface area contributed by atoms with E-state index >= 15 is 0 Å². The van der Waals surface area contributed by atoms with Crippen LogP contribution in [0.25, 0.3) is 9.98 Å². The molecule has 0 aliphatic rings. The van der Waals surface area contributed by atoms with Crippen molar-refractivity contribution in [1.29, 1.82) is 0 Å². The first-order valence-electron chi connectivity index (χ1n) is 7.86. The van der Waals surface area contributed by atoms with E-state index in [0.29, 0.717) is 33.8 Å². The maximum atomic E-state index is 10.5. The van der Waals surface area contributed by atoms with Crippen molar-refractivity contribution in [2.75, 3.05) is 0 Å². The molecule has 3 heterocycles. The van der Waals surface area contributed by atoms with E-state index in [4.69, 9.17) is 6.57 Å². The van der Waals surface area contributed by atoms with Crippen molar-refractivity contribution >= 4 is 41.4 Å². The van der Waals surface area contributed by atoms with Crippen LogP contribution < -0.4 is 0 Å². The van der Waals surface area contributed by atoms with Crippen LogP contribution in [-0.4, -0.2) is 34.4 Å². The number of nitrogens with zero attached hydrogens (tertiary/aromatic N) is 8. The largest absolute Gasteiger partial charge is 0.492 e. The summed E-state index contributed by atoms with van der Waals surface area (Å²) in [6.45, 7) is 15.0. The lowest BCUT2D eigenvalue weighted by Crippen LogP contribution is -2.11. The Labute approximate surface area is 164 Å². The van der Waals surface area contributed by atoms with Crippen LogP contribution in [0.15, 0.2) is 10.2 Å². The van der Waals surface area contributed by atoms with Crippen LogP contribution in [0.1, 0.15) is 38.0 Å². The van der Waals surface area contributed by atoms with Gasteiger partial charge in [0, 0.05) is 11.5 Å². The molecule has 0 atom stereocenters. The van der Waals surface area contributed by atoms with Gasteiger partial charge in [0.2, 0.25) is 11.0 Å². The van der Waals surface area contributed by atoms with Crippen molar-refractivity contribution in [3.8, 4) is 11.0 Å². The zero-order chi connectivity index (χ0) is 19.8. The number of nitrogens with one attached hydrogen (secondary N) is 1. The van der Waals surface area contributed by atoms with Gasteiger partial charge in [-0.25, -0.2) is 9.83 Å². The van der Waals surface area contributed by atoms with E-state index in [0.717, 1.165) is 11.5 Å². The van der Waals surface area contributed by atoms with Crippen LogP contribution in [0.2, 0.25) is 0 Å². The molecule has 0 spiro atoms. The van der Waals surface area contributed by atoms with Crippen molar-refractivity contribution in [1.82, 2.24) is 29.3 Å². The first-order chi connectivity index (χ1) is 12.8. The average molecular weight is 403 g/mol. The number of hydrogen-bond donors (Lipinski definition) is 3. The molecule has 0 aliphatic heterocycles. The molecule has 10 nitrogen and oxygen atoms in total. The van der Waals surface area contributed by atoms with Gasteiger partial charge in [-0.2, -0.15) is 31.9 Å². The average Bonchev–Trinajstić information content (AvgIpc) is 3.30. The molecule has 3 rings (SSSR count). The minimum atomic E-state index is -0.310. The number of thiol groups is 1. The van der Waals surface area contributed by atoms with Gasteiger partial charge >= 0.3 is 0 Å². The second kappa shape index (κ2) is 7.09. The van der Waals surface area contributed by atoms with Gasteiger partial charge in [-0.3, -0.25) is 5.10 Å². The minimum absolute atomic E-state index is 0.181. The lowest BCUT2D eigenvalue weighted by atomic mass is 9.91. The van der Waals surface area contributed by atoms with E-state index in [1.54, 1.807) is 6.92 Å². The first kappa shape index (κ1) is 19.0. The summed E-state index contributed by atoms with van der Waals surface area (Å²) >= 11 is 5.22. The number of azo groups is 1. The third-order valence-electron chi connectivity index (χ3n) is 3.58. The number of aromatic amines is 1. The third kappa shape index (κ3) is 3.56. The molecule has 0 saturated carbocycles. The number of H-pyrrole nitrogens is 1. The molecule has 0 unspecified atom stereocenters. The van der Waals surface area contributed by atoms with Crippen molar-refractivity contribution < 1.29 is 5.11 Å². The van der Waals surface area contributed by atoms with E-state index in [1.807, 2.05) is 20.8 Å². The minimum Gasteiger partial charge on any atom is -0.492 e. The second-order valence-electron chi connectivity index (χ2n) is 6.65. The van der Waals surface area contributed by atoms with Gasteiger partial charge in [0.05, 0.1) is 23.7 Å². The Morgan fingerprint density at radius 3 is 2.70 bits per heavy atom. The normalized spacial score (nSPS) is 12.0. The summed E-state index contributed by atoms with van der Waals surface area (Å²) in [6.07, 6.45) is 0. The lowest BCUT2D eigenvalue weighted by Gasteiger charge is -2.15. The monoisotopic (exact) mass is 403 g/mol. The molecule has 2 N–H and O–H groups in total. The molecule has 0 aliphatic carbocycles. The Bertz CT molecular complexity index is 1050. The van der Waals surface area contributed by atoms with E-state index in [9.17, 15) is 5.11 Å². The molecule has 0 amide bonds. The highest BCUT2D eigenvalue weighted by Gasteiger charge is 2.25. The molecule has 0 radical (unpaired) electrons. The topological polar surface area (TPSA) is 122 Å². The zero-order valence-electron chi connectivity index (χ0n) is 15.1. The van der Waals surface area contributed by atoms with Gasteiger partial charge in [-0.15, -0.1) is 10.2 Å². The summed E-state index contributed by atoms with van der Waals surface area (Å²) in [5, 5.41) is 30.2. The number of hydrogen-bond acceptors (Lipinski definition) is 9. The first-order valence-corrected chi connectivity index (χ1v) is 9.27. The molecule has 0 fully saturated rings.